The number of sulfonamides is 1. The van der Waals surface area contributed by atoms with Crippen molar-refractivity contribution in [1.82, 2.24) is 9.62 Å². The SMILES string of the molecule is CCC1C2CNCC2CN1S(=O)(=O)c1c(Cl)cccc1Cl. The van der Waals surface area contributed by atoms with Crippen LogP contribution in [0.1, 0.15) is 13.3 Å². The predicted molar refractivity (Wildman–Crippen MR) is 84.3 cm³/mol. The first-order valence-electron chi connectivity index (χ1n) is 7.13. The smallest absolute Gasteiger partial charge is 0.246 e. The quantitative estimate of drug-likeness (QED) is 0.913. The van der Waals surface area contributed by atoms with Crippen LogP contribution in [0.25, 0.3) is 0 Å². The van der Waals surface area contributed by atoms with Crippen molar-refractivity contribution < 1.29 is 8.42 Å². The van der Waals surface area contributed by atoms with E-state index in [9.17, 15) is 8.42 Å². The fourth-order valence-corrected chi connectivity index (χ4v) is 6.51. The van der Waals surface area contributed by atoms with Gasteiger partial charge in [-0.2, -0.15) is 4.31 Å². The lowest BCUT2D eigenvalue weighted by molar-refractivity contribution is 0.329. The minimum absolute atomic E-state index is 0.0161. The third kappa shape index (κ3) is 2.49. The van der Waals surface area contributed by atoms with Gasteiger partial charge in [0.05, 0.1) is 10.0 Å². The summed E-state index contributed by atoms with van der Waals surface area (Å²) in [6.45, 7) is 4.33. The molecule has 7 heteroatoms. The third-order valence-electron chi connectivity index (χ3n) is 4.57. The molecule has 1 aromatic rings. The monoisotopic (exact) mass is 348 g/mol. The van der Waals surface area contributed by atoms with Gasteiger partial charge in [0.2, 0.25) is 10.0 Å². The first-order chi connectivity index (χ1) is 9.96. The molecule has 2 saturated heterocycles. The zero-order valence-electron chi connectivity index (χ0n) is 11.7. The van der Waals surface area contributed by atoms with Gasteiger partial charge in [-0.25, -0.2) is 8.42 Å². The summed E-state index contributed by atoms with van der Waals surface area (Å²) in [5, 5.41) is 3.72. The maximum absolute atomic E-state index is 13.0. The second-order valence-corrected chi connectivity index (χ2v) is 8.33. The molecule has 2 aliphatic rings. The summed E-state index contributed by atoms with van der Waals surface area (Å²) in [5.41, 5.74) is 0. The van der Waals surface area contributed by atoms with E-state index in [1.807, 2.05) is 6.92 Å². The number of rotatable bonds is 3. The van der Waals surface area contributed by atoms with Gasteiger partial charge in [-0.15, -0.1) is 0 Å². The van der Waals surface area contributed by atoms with Crippen LogP contribution in [0.5, 0.6) is 0 Å². The minimum Gasteiger partial charge on any atom is -0.316 e. The standard InChI is InChI=1S/C14H18Cl2N2O2S/c1-2-13-10-7-17-6-9(10)8-18(13)21(19,20)14-11(15)4-3-5-12(14)16/h3-5,9-10,13,17H,2,6-8H2,1H3. The summed E-state index contributed by atoms with van der Waals surface area (Å²) in [6.07, 6.45) is 0.796. The first kappa shape index (κ1) is 15.6. The Morgan fingerprint density at radius 2 is 1.95 bits per heavy atom. The van der Waals surface area contributed by atoms with E-state index >= 15 is 0 Å². The van der Waals surface area contributed by atoms with Crippen LogP contribution in [-0.4, -0.2) is 38.4 Å². The molecule has 0 radical (unpaired) electrons. The van der Waals surface area contributed by atoms with Crippen molar-refractivity contribution in [3.63, 3.8) is 0 Å². The molecule has 0 aliphatic carbocycles. The number of hydrogen-bond acceptors (Lipinski definition) is 3. The molecule has 0 spiro atoms. The Balaban J connectivity index is 2.03. The number of halogens is 2. The molecule has 3 rings (SSSR count). The summed E-state index contributed by atoms with van der Waals surface area (Å²) < 4.78 is 27.6. The molecule has 0 bridgehead atoms. The zero-order chi connectivity index (χ0) is 15.2. The van der Waals surface area contributed by atoms with Gasteiger partial charge in [-0.3, -0.25) is 0 Å². The fraction of sp³-hybridized carbons (Fsp3) is 0.571. The van der Waals surface area contributed by atoms with Gasteiger partial charge in [0.25, 0.3) is 0 Å². The van der Waals surface area contributed by atoms with Crippen molar-refractivity contribution >= 4 is 33.2 Å². The van der Waals surface area contributed by atoms with Gasteiger partial charge in [0.1, 0.15) is 4.90 Å². The number of nitrogens with zero attached hydrogens (tertiary/aromatic N) is 1. The number of hydrogen-bond donors (Lipinski definition) is 1. The maximum atomic E-state index is 13.0. The average Bonchev–Trinajstić information content (AvgIpc) is 2.97. The average molecular weight is 349 g/mol. The van der Waals surface area contributed by atoms with E-state index < -0.39 is 10.0 Å². The van der Waals surface area contributed by atoms with Crippen molar-refractivity contribution in [3.05, 3.63) is 28.2 Å². The van der Waals surface area contributed by atoms with Gasteiger partial charge in [0, 0.05) is 12.6 Å². The van der Waals surface area contributed by atoms with E-state index in [-0.39, 0.29) is 21.0 Å². The van der Waals surface area contributed by atoms with Crippen LogP contribution in [-0.2, 0) is 10.0 Å². The molecular weight excluding hydrogens is 331 g/mol. The Bertz CT molecular complexity index is 630. The highest BCUT2D eigenvalue weighted by Crippen LogP contribution is 2.40. The number of nitrogens with one attached hydrogen (secondary N) is 1. The summed E-state index contributed by atoms with van der Waals surface area (Å²) >= 11 is 12.2. The molecule has 0 saturated carbocycles. The molecule has 3 atom stereocenters. The number of benzene rings is 1. The second-order valence-electron chi connectivity index (χ2n) is 5.68. The highest BCUT2D eigenvalue weighted by atomic mass is 35.5. The Morgan fingerprint density at radius 1 is 1.29 bits per heavy atom. The highest BCUT2D eigenvalue weighted by Gasteiger charge is 2.48. The van der Waals surface area contributed by atoms with Crippen LogP contribution in [0.4, 0.5) is 0 Å². The van der Waals surface area contributed by atoms with Crippen molar-refractivity contribution in [2.24, 2.45) is 11.8 Å². The van der Waals surface area contributed by atoms with Gasteiger partial charge in [0.15, 0.2) is 0 Å². The lowest BCUT2D eigenvalue weighted by Crippen LogP contribution is -2.39. The first-order valence-corrected chi connectivity index (χ1v) is 9.33. The zero-order valence-corrected chi connectivity index (χ0v) is 14.0. The molecule has 3 unspecified atom stereocenters. The summed E-state index contributed by atoms with van der Waals surface area (Å²) in [7, 11) is -3.66. The maximum Gasteiger partial charge on any atom is 0.246 e. The molecule has 21 heavy (non-hydrogen) atoms. The Kier molecular flexibility index (Phi) is 4.23. The van der Waals surface area contributed by atoms with Crippen molar-refractivity contribution in [1.29, 1.82) is 0 Å². The van der Waals surface area contributed by atoms with Gasteiger partial charge < -0.3 is 5.32 Å². The Labute approximate surface area is 135 Å². The van der Waals surface area contributed by atoms with Crippen molar-refractivity contribution in [2.45, 2.75) is 24.3 Å². The molecule has 2 heterocycles. The van der Waals surface area contributed by atoms with Gasteiger partial charge >= 0.3 is 0 Å². The van der Waals surface area contributed by atoms with E-state index in [0.717, 1.165) is 19.5 Å². The Morgan fingerprint density at radius 3 is 2.57 bits per heavy atom. The minimum atomic E-state index is -3.66. The van der Waals surface area contributed by atoms with Crippen LogP contribution in [0.2, 0.25) is 10.0 Å². The van der Waals surface area contributed by atoms with Gasteiger partial charge in [-0.05, 0) is 43.5 Å². The van der Waals surface area contributed by atoms with E-state index in [2.05, 4.69) is 5.32 Å². The molecule has 2 aliphatic heterocycles. The molecule has 1 aromatic carbocycles. The lowest BCUT2D eigenvalue weighted by Gasteiger charge is -2.27. The van der Waals surface area contributed by atoms with Crippen molar-refractivity contribution in [3.8, 4) is 0 Å². The lowest BCUT2D eigenvalue weighted by atomic mass is 9.93. The Hall–Kier alpha value is -0.330. The normalized spacial score (nSPS) is 29.8. The fourth-order valence-electron chi connectivity index (χ4n) is 3.61. The van der Waals surface area contributed by atoms with Crippen LogP contribution in [0, 0.1) is 11.8 Å². The molecule has 0 amide bonds. The van der Waals surface area contributed by atoms with Crippen LogP contribution in [0.3, 0.4) is 0 Å². The third-order valence-corrected chi connectivity index (χ3v) is 7.42. The van der Waals surface area contributed by atoms with E-state index in [1.54, 1.807) is 22.5 Å². The summed E-state index contributed by atoms with van der Waals surface area (Å²) in [5.74, 6) is 0.761. The molecule has 116 valence electrons. The summed E-state index contributed by atoms with van der Waals surface area (Å²) in [6, 6.07) is 4.81. The van der Waals surface area contributed by atoms with Crippen LogP contribution in [0.15, 0.2) is 23.1 Å². The van der Waals surface area contributed by atoms with E-state index in [4.69, 9.17) is 23.2 Å². The highest BCUT2D eigenvalue weighted by molar-refractivity contribution is 7.89. The van der Waals surface area contributed by atoms with Crippen LogP contribution >= 0.6 is 23.2 Å². The molecule has 1 N–H and O–H groups in total. The largest absolute Gasteiger partial charge is 0.316 e. The van der Waals surface area contributed by atoms with Crippen LogP contribution < -0.4 is 5.32 Å². The van der Waals surface area contributed by atoms with Crippen molar-refractivity contribution in [2.75, 3.05) is 19.6 Å². The number of fused-ring (bicyclic) bond motifs is 1. The van der Waals surface area contributed by atoms with E-state index in [0.29, 0.717) is 18.4 Å². The molecule has 2 fully saturated rings. The van der Waals surface area contributed by atoms with Gasteiger partial charge in [-0.1, -0.05) is 36.2 Å². The van der Waals surface area contributed by atoms with E-state index in [1.165, 1.54) is 0 Å². The topological polar surface area (TPSA) is 49.4 Å². The molecule has 0 aromatic heterocycles. The predicted octanol–water partition coefficient (Wildman–Crippen LogP) is 2.61. The molecule has 4 nitrogen and oxygen atoms in total. The second kappa shape index (κ2) is 5.70. The summed E-state index contributed by atoms with van der Waals surface area (Å²) in [4.78, 5) is 0.0414. The molecular formula is C14H18Cl2N2O2S.